The average molecular weight is 427 g/mol. The first-order valence-corrected chi connectivity index (χ1v) is 10.5. The molecule has 0 spiro atoms. The van der Waals surface area contributed by atoms with Crippen LogP contribution < -0.4 is 15.2 Å². The lowest BCUT2D eigenvalue weighted by molar-refractivity contribution is -0.125. The van der Waals surface area contributed by atoms with Gasteiger partial charge in [0.1, 0.15) is 23.5 Å². The number of para-hydroxylation sites is 1. The first kappa shape index (κ1) is 18.8. The van der Waals surface area contributed by atoms with E-state index in [0.717, 1.165) is 35.3 Å². The monoisotopic (exact) mass is 427 g/mol. The van der Waals surface area contributed by atoms with Gasteiger partial charge in [0.25, 0.3) is 0 Å². The lowest BCUT2D eigenvalue weighted by atomic mass is 10.0. The van der Waals surface area contributed by atoms with Crippen molar-refractivity contribution >= 4 is 22.8 Å². The number of rotatable bonds is 2. The summed E-state index contributed by atoms with van der Waals surface area (Å²) in [6, 6.07) is 5.78. The Morgan fingerprint density at radius 3 is 2.88 bits per heavy atom. The number of nitrogen functional groups attached to an aromatic ring is 1. The van der Waals surface area contributed by atoms with E-state index in [4.69, 9.17) is 15.2 Å². The van der Waals surface area contributed by atoms with Crippen LogP contribution in [0, 0.1) is 29.6 Å². The van der Waals surface area contributed by atoms with Gasteiger partial charge in [-0.2, -0.15) is 0 Å². The molecule has 0 unspecified atom stereocenters. The number of benzene rings is 1. The molecule has 8 nitrogen and oxygen atoms in total. The van der Waals surface area contributed by atoms with Gasteiger partial charge in [-0.1, -0.05) is 24.6 Å². The van der Waals surface area contributed by atoms with Crippen molar-refractivity contribution in [3.05, 3.63) is 42.9 Å². The number of fused-ring (bicyclic) bond motifs is 3. The Morgan fingerprint density at radius 2 is 2.09 bits per heavy atom. The zero-order chi connectivity index (χ0) is 22.0. The third-order valence-electron chi connectivity index (χ3n) is 6.70. The molecule has 32 heavy (non-hydrogen) atoms. The Morgan fingerprint density at radius 1 is 1.28 bits per heavy atom. The van der Waals surface area contributed by atoms with E-state index < -0.39 is 0 Å². The number of nitrogens with zero attached hydrogens (tertiary/aromatic N) is 4. The van der Waals surface area contributed by atoms with Crippen molar-refractivity contribution in [2.75, 3.05) is 25.6 Å². The molecule has 6 rings (SSSR count). The van der Waals surface area contributed by atoms with Crippen LogP contribution >= 0.6 is 0 Å². The normalized spacial score (nSPS) is 22.4. The third-order valence-corrected chi connectivity index (χ3v) is 6.70. The minimum atomic E-state index is -0.00548. The first-order chi connectivity index (χ1) is 15.6. The Hall–Kier alpha value is -3.99. The van der Waals surface area contributed by atoms with Crippen molar-refractivity contribution in [3.63, 3.8) is 0 Å². The first-order valence-electron chi connectivity index (χ1n) is 10.5. The van der Waals surface area contributed by atoms with E-state index in [1.807, 2.05) is 34.7 Å². The molecule has 0 bridgehead atoms. The summed E-state index contributed by atoms with van der Waals surface area (Å²) < 4.78 is 13.3. The molecule has 8 heteroatoms. The van der Waals surface area contributed by atoms with E-state index in [1.54, 1.807) is 0 Å². The zero-order valence-corrected chi connectivity index (χ0v) is 17.5. The van der Waals surface area contributed by atoms with Gasteiger partial charge < -0.3 is 24.7 Å². The molecule has 1 saturated carbocycles. The number of aryl methyl sites for hydroxylation is 1. The fourth-order valence-corrected chi connectivity index (χ4v) is 5.01. The molecule has 2 N–H and O–H groups in total. The molecule has 0 radical (unpaired) electrons. The van der Waals surface area contributed by atoms with Crippen molar-refractivity contribution in [3.8, 4) is 34.5 Å². The van der Waals surface area contributed by atoms with E-state index in [9.17, 15) is 4.79 Å². The van der Waals surface area contributed by atoms with Crippen molar-refractivity contribution < 1.29 is 14.3 Å². The van der Waals surface area contributed by atoms with Crippen LogP contribution in [0.3, 0.4) is 0 Å². The highest BCUT2D eigenvalue weighted by atomic mass is 16.7. The molecule has 4 heterocycles. The van der Waals surface area contributed by atoms with E-state index in [-0.39, 0.29) is 18.6 Å². The van der Waals surface area contributed by atoms with Crippen molar-refractivity contribution in [1.29, 1.82) is 0 Å². The Labute approximate surface area is 184 Å². The van der Waals surface area contributed by atoms with Crippen LogP contribution in [0.15, 0.2) is 37.2 Å². The summed E-state index contributed by atoms with van der Waals surface area (Å²) in [6.07, 6.45) is 2.84. The maximum atomic E-state index is 11.9. The lowest BCUT2D eigenvalue weighted by Gasteiger charge is -2.16. The van der Waals surface area contributed by atoms with Gasteiger partial charge in [0, 0.05) is 37.2 Å². The highest BCUT2D eigenvalue weighted by Crippen LogP contribution is 2.51. The van der Waals surface area contributed by atoms with E-state index in [1.165, 1.54) is 12.4 Å². The van der Waals surface area contributed by atoms with Crippen LogP contribution in [0.4, 0.5) is 5.82 Å². The number of carbonyl (C=O) groups is 1. The van der Waals surface area contributed by atoms with Gasteiger partial charge in [-0.05, 0) is 29.9 Å². The molecule has 2 fully saturated rings. The lowest BCUT2D eigenvalue weighted by Crippen LogP contribution is -2.29. The number of anilines is 1. The summed E-state index contributed by atoms with van der Waals surface area (Å²) in [7, 11) is 1.93. The van der Waals surface area contributed by atoms with Crippen LogP contribution in [0.1, 0.15) is 5.69 Å². The summed E-state index contributed by atoms with van der Waals surface area (Å²) in [4.78, 5) is 22.4. The SMILES string of the molecule is C=CC(=O)N1C[C@@H]2[C@@H](C#Cc3c(-c4cccc5c4OCO5)c4c(N)ncnc4n3C)[C@@H]2C1. The second-order valence-electron chi connectivity index (χ2n) is 8.35. The predicted molar refractivity (Wildman–Crippen MR) is 119 cm³/mol. The molecule has 1 aliphatic carbocycles. The Balaban J connectivity index is 1.44. The smallest absolute Gasteiger partial charge is 0.245 e. The molecule has 2 aliphatic heterocycles. The second-order valence-corrected chi connectivity index (χ2v) is 8.35. The molecule has 3 aromatic rings. The summed E-state index contributed by atoms with van der Waals surface area (Å²) in [6.45, 7) is 5.24. The van der Waals surface area contributed by atoms with Crippen LogP contribution in [-0.4, -0.2) is 45.2 Å². The maximum Gasteiger partial charge on any atom is 0.245 e. The van der Waals surface area contributed by atoms with Gasteiger partial charge in [-0.25, -0.2) is 9.97 Å². The molecular weight excluding hydrogens is 406 g/mol. The van der Waals surface area contributed by atoms with Crippen molar-refractivity contribution in [2.24, 2.45) is 24.8 Å². The number of piperidine rings is 1. The van der Waals surface area contributed by atoms with E-state index in [2.05, 4.69) is 28.4 Å². The molecule has 1 amide bonds. The van der Waals surface area contributed by atoms with Gasteiger partial charge in [-0.15, -0.1) is 0 Å². The van der Waals surface area contributed by atoms with Crippen molar-refractivity contribution in [1.82, 2.24) is 19.4 Å². The summed E-state index contributed by atoms with van der Waals surface area (Å²) in [5, 5.41) is 0.752. The molecule has 1 aromatic carbocycles. The predicted octanol–water partition coefficient (Wildman–Crippen LogP) is 2.19. The number of amides is 1. The fourth-order valence-electron chi connectivity index (χ4n) is 5.01. The van der Waals surface area contributed by atoms with Crippen LogP contribution in [0.5, 0.6) is 11.5 Å². The number of ether oxygens (including phenoxy) is 2. The highest BCUT2D eigenvalue weighted by molar-refractivity contribution is 6.05. The molecule has 3 aliphatic rings. The number of nitrogens with two attached hydrogens (primary N) is 1. The van der Waals surface area contributed by atoms with Gasteiger partial charge in [0.15, 0.2) is 11.5 Å². The van der Waals surface area contributed by atoms with E-state index in [0.29, 0.717) is 34.8 Å². The van der Waals surface area contributed by atoms with Gasteiger partial charge in [0.05, 0.1) is 5.39 Å². The second kappa shape index (κ2) is 6.76. The van der Waals surface area contributed by atoms with E-state index >= 15 is 0 Å². The number of likely N-dealkylation sites (tertiary alicyclic amines) is 1. The van der Waals surface area contributed by atoms with Gasteiger partial charge >= 0.3 is 0 Å². The number of aromatic nitrogens is 3. The fraction of sp³-hybridized carbons (Fsp3) is 0.292. The molecule has 160 valence electrons. The highest BCUT2D eigenvalue weighted by Gasteiger charge is 2.55. The number of carbonyl (C=O) groups excluding carboxylic acids is 1. The standard InChI is InChI=1S/C24H21N5O3/c1-3-19(30)29-9-15-13(16(15)10-29)7-8-17-20(14-5-4-6-18-22(14)32-12-31-18)21-23(25)26-11-27-24(21)28(17)2/h3-6,11,13,15-16H,1,9-10,12H2,2H3,(H2,25,26,27)/t13-,15-,16+. The number of hydrogen-bond donors (Lipinski definition) is 1. The van der Waals surface area contributed by atoms with Gasteiger partial charge in [-0.3, -0.25) is 4.79 Å². The summed E-state index contributed by atoms with van der Waals surface area (Å²) in [5.74, 6) is 9.74. The Bertz CT molecular complexity index is 1350. The van der Waals surface area contributed by atoms with Crippen LogP contribution in [0.2, 0.25) is 0 Å². The van der Waals surface area contributed by atoms with Crippen LogP contribution in [0.25, 0.3) is 22.2 Å². The van der Waals surface area contributed by atoms with Crippen molar-refractivity contribution in [2.45, 2.75) is 0 Å². The zero-order valence-electron chi connectivity index (χ0n) is 17.5. The molecule has 1 saturated heterocycles. The molecule has 2 aromatic heterocycles. The molecular formula is C24H21N5O3. The largest absolute Gasteiger partial charge is 0.454 e. The maximum absolute atomic E-state index is 11.9. The Kier molecular flexibility index (Phi) is 3.96. The van der Waals surface area contributed by atoms with Crippen LogP contribution in [-0.2, 0) is 11.8 Å². The summed E-state index contributed by atoms with van der Waals surface area (Å²) >= 11 is 0. The number of hydrogen-bond acceptors (Lipinski definition) is 6. The average Bonchev–Trinajstić information content (AvgIpc) is 3.21. The minimum absolute atomic E-state index is 0.00548. The van der Waals surface area contributed by atoms with Gasteiger partial charge in [0.2, 0.25) is 12.7 Å². The third kappa shape index (κ3) is 2.61. The quantitative estimate of drug-likeness (QED) is 0.498. The topological polar surface area (TPSA) is 95.5 Å². The molecule has 3 atom stereocenters. The minimum Gasteiger partial charge on any atom is -0.454 e. The summed E-state index contributed by atoms with van der Waals surface area (Å²) in [5.41, 5.74) is 9.52.